The molecular weight excluding hydrogens is 396 g/mol. The molecule has 0 aliphatic rings. The van der Waals surface area contributed by atoms with Crippen LogP contribution < -0.4 is 0 Å². The highest BCUT2D eigenvalue weighted by atomic mass is 16.5. The Kier molecular flexibility index (Phi) is 8.56. The molecule has 1 aromatic carbocycles. The molecule has 0 radical (unpaired) electrons. The molecule has 0 aliphatic heterocycles. The molecule has 0 saturated heterocycles. The standard InChI is InChI=1S/C24H32N2O5/c1-7-31-14-8-13-26(23(28)19-11-9-15(2)10-12-19)18(5)22(27)20-16(3)21(24(29)30-6)25-17(20)4/h9-12,18,25H,7-8,13-14H2,1-6H3/t18-/m1/s1. The molecule has 1 heterocycles. The predicted octanol–water partition coefficient (Wildman–Crippen LogP) is 3.87. The van der Waals surface area contributed by atoms with Crippen molar-refractivity contribution in [2.75, 3.05) is 26.9 Å². The Bertz CT molecular complexity index is 930. The minimum Gasteiger partial charge on any atom is -0.464 e. The minimum atomic E-state index is -0.714. The van der Waals surface area contributed by atoms with Gasteiger partial charge < -0.3 is 19.4 Å². The molecule has 1 N–H and O–H groups in total. The number of Topliss-reactive ketones (excluding diaryl/α,β-unsaturated/α-hetero) is 1. The number of benzene rings is 1. The second kappa shape index (κ2) is 10.9. The second-order valence-corrected chi connectivity index (χ2v) is 7.57. The van der Waals surface area contributed by atoms with Crippen molar-refractivity contribution in [3.63, 3.8) is 0 Å². The maximum atomic E-state index is 13.4. The fourth-order valence-corrected chi connectivity index (χ4v) is 3.59. The van der Waals surface area contributed by atoms with E-state index in [0.717, 1.165) is 5.56 Å². The third-order valence-corrected chi connectivity index (χ3v) is 5.37. The van der Waals surface area contributed by atoms with Gasteiger partial charge >= 0.3 is 5.97 Å². The molecule has 2 aromatic rings. The fourth-order valence-electron chi connectivity index (χ4n) is 3.59. The molecule has 2 rings (SSSR count). The zero-order valence-corrected chi connectivity index (χ0v) is 19.2. The van der Waals surface area contributed by atoms with E-state index in [1.807, 2.05) is 26.0 Å². The van der Waals surface area contributed by atoms with Gasteiger partial charge in [-0.3, -0.25) is 9.59 Å². The summed E-state index contributed by atoms with van der Waals surface area (Å²) in [5, 5.41) is 0. The van der Waals surface area contributed by atoms with Gasteiger partial charge in [-0.05, 0) is 58.7 Å². The third kappa shape index (κ3) is 5.61. The average molecular weight is 429 g/mol. The number of aryl methyl sites for hydroxylation is 2. The summed E-state index contributed by atoms with van der Waals surface area (Å²) in [5.74, 6) is -0.966. The Morgan fingerprint density at radius 1 is 1.10 bits per heavy atom. The second-order valence-electron chi connectivity index (χ2n) is 7.57. The van der Waals surface area contributed by atoms with Crippen LogP contribution in [0.4, 0.5) is 0 Å². The topological polar surface area (TPSA) is 88.7 Å². The van der Waals surface area contributed by atoms with E-state index in [1.165, 1.54) is 7.11 Å². The van der Waals surface area contributed by atoms with Crippen molar-refractivity contribution in [1.82, 2.24) is 9.88 Å². The number of rotatable bonds is 10. The van der Waals surface area contributed by atoms with Crippen molar-refractivity contribution >= 4 is 17.7 Å². The largest absolute Gasteiger partial charge is 0.464 e. The minimum absolute atomic E-state index is 0.212. The fraction of sp³-hybridized carbons (Fsp3) is 0.458. The summed E-state index contributed by atoms with van der Waals surface area (Å²) in [5.41, 5.74) is 3.35. The first kappa shape index (κ1) is 24.3. The maximum absolute atomic E-state index is 13.4. The number of amides is 1. The van der Waals surface area contributed by atoms with Gasteiger partial charge in [0.2, 0.25) is 0 Å². The first-order chi connectivity index (χ1) is 14.7. The number of hydrogen-bond acceptors (Lipinski definition) is 5. The SMILES string of the molecule is CCOCCCN(C(=O)c1ccc(C)cc1)[C@H](C)C(=O)c1c(C)[nH]c(C(=O)OC)c1C. The number of aromatic nitrogens is 1. The highest BCUT2D eigenvalue weighted by molar-refractivity contribution is 6.07. The molecular formula is C24H32N2O5. The number of carbonyl (C=O) groups excluding carboxylic acids is 3. The van der Waals surface area contributed by atoms with Gasteiger partial charge in [-0.25, -0.2) is 4.79 Å². The number of esters is 1. The summed E-state index contributed by atoms with van der Waals surface area (Å²) in [7, 11) is 1.29. The molecule has 0 fully saturated rings. The van der Waals surface area contributed by atoms with Crippen molar-refractivity contribution in [3.05, 3.63) is 57.9 Å². The van der Waals surface area contributed by atoms with Gasteiger partial charge in [0.1, 0.15) is 5.69 Å². The number of aromatic amines is 1. The van der Waals surface area contributed by atoms with Crippen molar-refractivity contribution in [2.45, 2.75) is 47.1 Å². The molecule has 31 heavy (non-hydrogen) atoms. The van der Waals surface area contributed by atoms with Crippen LogP contribution in [0.25, 0.3) is 0 Å². The maximum Gasteiger partial charge on any atom is 0.354 e. The van der Waals surface area contributed by atoms with Crippen molar-refractivity contribution in [1.29, 1.82) is 0 Å². The molecule has 1 aromatic heterocycles. The molecule has 0 aliphatic carbocycles. The highest BCUT2D eigenvalue weighted by Gasteiger charge is 2.31. The molecule has 0 bridgehead atoms. The molecule has 7 heteroatoms. The van der Waals surface area contributed by atoms with Crippen LogP contribution in [0.3, 0.4) is 0 Å². The van der Waals surface area contributed by atoms with Crippen LogP contribution in [0.2, 0.25) is 0 Å². The smallest absolute Gasteiger partial charge is 0.354 e. The van der Waals surface area contributed by atoms with Crippen molar-refractivity contribution in [3.8, 4) is 0 Å². The normalized spacial score (nSPS) is 11.8. The molecule has 0 unspecified atom stereocenters. The van der Waals surface area contributed by atoms with E-state index < -0.39 is 12.0 Å². The number of methoxy groups -OCH3 is 1. The number of nitrogens with zero attached hydrogens (tertiary/aromatic N) is 1. The van der Waals surface area contributed by atoms with E-state index in [2.05, 4.69) is 4.98 Å². The van der Waals surface area contributed by atoms with Gasteiger partial charge in [0.15, 0.2) is 5.78 Å². The zero-order valence-electron chi connectivity index (χ0n) is 19.2. The lowest BCUT2D eigenvalue weighted by Crippen LogP contribution is -2.44. The Labute approximate surface area is 183 Å². The Hall–Kier alpha value is -2.93. The van der Waals surface area contributed by atoms with Crippen LogP contribution in [0.1, 0.15) is 68.3 Å². The van der Waals surface area contributed by atoms with Gasteiger partial charge in [0, 0.05) is 36.6 Å². The summed E-state index contributed by atoms with van der Waals surface area (Å²) in [6, 6.07) is 6.58. The van der Waals surface area contributed by atoms with Crippen molar-refractivity contribution < 1.29 is 23.9 Å². The first-order valence-electron chi connectivity index (χ1n) is 10.5. The lowest BCUT2D eigenvalue weighted by molar-refractivity contribution is 0.0588. The average Bonchev–Trinajstić information content (AvgIpc) is 3.06. The highest BCUT2D eigenvalue weighted by Crippen LogP contribution is 2.23. The number of ether oxygens (including phenoxy) is 2. The number of hydrogen-bond donors (Lipinski definition) is 1. The Morgan fingerprint density at radius 3 is 2.32 bits per heavy atom. The molecule has 168 valence electrons. The summed E-state index contributed by atoms with van der Waals surface area (Å²) >= 11 is 0. The summed E-state index contributed by atoms with van der Waals surface area (Å²) in [6.07, 6.45) is 0.613. The van der Waals surface area contributed by atoms with E-state index >= 15 is 0 Å². The van der Waals surface area contributed by atoms with E-state index in [0.29, 0.717) is 48.6 Å². The van der Waals surface area contributed by atoms with E-state index in [-0.39, 0.29) is 17.4 Å². The van der Waals surface area contributed by atoms with Crippen LogP contribution in [0.5, 0.6) is 0 Å². The monoisotopic (exact) mass is 428 g/mol. The van der Waals surface area contributed by atoms with Crippen LogP contribution in [-0.2, 0) is 9.47 Å². The number of carbonyl (C=O) groups is 3. The first-order valence-corrected chi connectivity index (χ1v) is 10.5. The summed E-state index contributed by atoms with van der Waals surface area (Å²) in [4.78, 5) is 43.2. The molecule has 7 nitrogen and oxygen atoms in total. The Morgan fingerprint density at radius 2 is 1.74 bits per heavy atom. The van der Waals surface area contributed by atoms with Crippen LogP contribution in [0.15, 0.2) is 24.3 Å². The van der Waals surface area contributed by atoms with E-state index in [4.69, 9.17) is 9.47 Å². The number of ketones is 1. The van der Waals surface area contributed by atoms with Crippen LogP contribution in [0, 0.1) is 20.8 Å². The molecule has 1 amide bonds. The third-order valence-electron chi connectivity index (χ3n) is 5.37. The van der Waals surface area contributed by atoms with Gasteiger partial charge in [-0.2, -0.15) is 0 Å². The van der Waals surface area contributed by atoms with Gasteiger partial charge in [-0.15, -0.1) is 0 Å². The summed E-state index contributed by atoms with van der Waals surface area (Å²) < 4.78 is 10.2. The molecule has 1 atom stereocenters. The molecule has 0 spiro atoms. The molecule has 0 saturated carbocycles. The number of nitrogens with one attached hydrogen (secondary N) is 1. The number of H-pyrrole nitrogens is 1. The lowest BCUT2D eigenvalue weighted by atomic mass is 9.99. The lowest BCUT2D eigenvalue weighted by Gasteiger charge is -2.29. The van der Waals surface area contributed by atoms with Crippen molar-refractivity contribution in [2.24, 2.45) is 0 Å². The quantitative estimate of drug-likeness (QED) is 0.353. The van der Waals surface area contributed by atoms with Gasteiger partial charge in [0.05, 0.1) is 13.2 Å². The summed E-state index contributed by atoms with van der Waals surface area (Å²) in [6.45, 7) is 10.5. The predicted molar refractivity (Wildman–Crippen MR) is 119 cm³/mol. The van der Waals surface area contributed by atoms with Crippen LogP contribution >= 0.6 is 0 Å². The van der Waals surface area contributed by atoms with E-state index in [1.54, 1.807) is 37.8 Å². The van der Waals surface area contributed by atoms with E-state index in [9.17, 15) is 14.4 Å². The van der Waals surface area contributed by atoms with Gasteiger partial charge in [-0.1, -0.05) is 17.7 Å². The van der Waals surface area contributed by atoms with Crippen LogP contribution in [-0.4, -0.2) is 60.5 Å². The Balaban J connectivity index is 2.35. The zero-order chi connectivity index (χ0) is 23.1. The van der Waals surface area contributed by atoms with Gasteiger partial charge in [0.25, 0.3) is 5.91 Å².